The van der Waals surface area contributed by atoms with Crippen LogP contribution in [0.2, 0.25) is 0 Å². The second kappa shape index (κ2) is 2.48. The first kappa shape index (κ1) is 7.10. The number of rotatable bonds is 1. The Morgan fingerprint density at radius 1 is 1.36 bits per heavy atom. The molecule has 0 aromatic carbocycles. The van der Waals surface area contributed by atoms with E-state index in [1.807, 2.05) is 4.90 Å². The molecular formula is C8H14N2O. The van der Waals surface area contributed by atoms with Gasteiger partial charge in [-0.2, -0.15) is 0 Å². The highest BCUT2D eigenvalue weighted by Gasteiger charge is 2.38. The minimum atomic E-state index is -0.185. The fourth-order valence-electron chi connectivity index (χ4n) is 2.03. The zero-order chi connectivity index (χ0) is 7.84. The summed E-state index contributed by atoms with van der Waals surface area (Å²) in [4.78, 5) is 13.1. The van der Waals surface area contributed by atoms with Crippen LogP contribution in [0.4, 0.5) is 0 Å². The van der Waals surface area contributed by atoms with Crippen molar-refractivity contribution in [3.05, 3.63) is 0 Å². The molecule has 1 atom stereocenters. The monoisotopic (exact) mass is 154 g/mol. The fourth-order valence-corrected chi connectivity index (χ4v) is 2.03. The zero-order valence-corrected chi connectivity index (χ0v) is 6.62. The minimum absolute atomic E-state index is 0.164. The van der Waals surface area contributed by atoms with Crippen LogP contribution in [-0.2, 0) is 4.79 Å². The Morgan fingerprint density at radius 2 is 2.00 bits per heavy atom. The fraction of sp³-hybridized carbons (Fsp3) is 0.875. The molecule has 1 heterocycles. The van der Waals surface area contributed by atoms with Gasteiger partial charge in [0.15, 0.2) is 0 Å². The zero-order valence-electron chi connectivity index (χ0n) is 6.62. The molecule has 0 radical (unpaired) electrons. The van der Waals surface area contributed by atoms with E-state index in [4.69, 9.17) is 5.73 Å². The van der Waals surface area contributed by atoms with Crippen molar-refractivity contribution in [2.45, 2.75) is 37.8 Å². The lowest BCUT2D eigenvalue weighted by Crippen LogP contribution is -2.63. The molecule has 0 spiro atoms. The van der Waals surface area contributed by atoms with E-state index in [0.29, 0.717) is 6.04 Å². The summed E-state index contributed by atoms with van der Waals surface area (Å²) >= 11 is 0. The van der Waals surface area contributed by atoms with E-state index in [1.54, 1.807) is 0 Å². The molecule has 1 amide bonds. The van der Waals surface area contributed by atoms with Crippen molar-refractivity contribution >= 4 is 5.91 Å². The van der Waals surface area contributed by atoms with E-state index in [-0.39, 0.29) is 11.9 Å². The molecule has 2 fully saturated rings. The molecule has 1 saturated carbocycles. The molecule has 1 aliphatic heterocycles. The number of β-lactam (4-membered cyclic amide) rings is 1. The quantitative estimate of drug-likeness (QED) is 0.544. The van der Waals surface area contributed by atoms with Gasteiger partial charge in [-0.3, -0.25) is 4.79 Å². The number of carbonyl (C=O) groups is 1. The molecule has 0 aromatic rings. The second-order valence-corrected chi connectivity index (χ2v) is 3.54. The molecule has 62 valence electrons. The number of amides is 1. The van der Waals surface area contributed by atoms with Crippen molar-refractivity contribution < 1.29 is 4.79 Å². The first-order valence-corrected chi connectivity index (χ1v) is 4.35. The third-order valence-electron chi connectivity index (χ3n) is 2.76. The molecule has 1 unspecified atom stereocenters. The first-order chi connectivity index (χ1) is 5.29. The molecule has 1 aliphatic carbocycles. The second-order valence-electron chi connectivity index (χ2n) is 3.54. The smallest absolute Gasteiger partial charge is 0.241 e. The minimum Gasteiger partial charge on any atom is -0.336 e. The van der Waals surface area contributed by atoms with Crippen LogP contribution in [0.5, 0.6) is 0 Å². The van der Waals surface area contributed by atoms with E-state index in [2.05, 4.69) is 0 Å². The van der Waals surface area contributed by atoms with Crippen molar-refractivity contribution in [3.8, 4) is 0 Å². The van der Waals surface area contributed by atoms with Crippen LogP contribution in [-0.4, -0.2) is 29.4 Å². The van der Waals surface area contributed by atoms with Gasteiger partial charge in [0.25, 0.3) is 0 Å². The van der Waals surface area contributed by atoms with Crippen LogP contribution >= 0.6 is 0 Å². The Kier molecular flexibility index (Phi) is 1.60. The predicted octanol–water partition coefficient (Wildman–Crippen LogP) is 0.0985. The van der Waals surface area contributed by atoms with E-state index < -0.39 is 0 Å². The Bertz CT molecular complexity index is 175. The maximum Gasteiger partial charge on any atom is 0.241 e. The summed E-state index contributed by atoms with van der Waals surface area (Å²) in [5.41, 5.74) is 5.49. The normalized spacial score (nSPS) is 32.6. The Labute approximate surface area is 66.5 Å². The van der Waals surface area contributed by atoms with Crippen LogP contribution < -0.4 is 5.73 Å². The van der Waals surface area contributed by atoms with Gasteiger partial charge in [-0.05, 0) is 12.8 Å². The Hall–Kier alpha value is -0.570. The molecule has 0 bridgehead atoms. The Balaban J connectivity index is 1.92. The van der Waals surface area contributed by atoms with Crippen molar-refractivity contribution in [2.75, 3.05) is 6.54 Å². The van der Waals surface area contributed by atoms with Crippen LogP contribution in [0.1, 0.15) is 25.7 Å². The van der Waals surface area contributed by atoms with Crippen molar-refractivity contribution in [1.82, 2.24) is 4.90 Å². The van der Waals surface area contributed by atoms with Crippen molar-refractivity contribution in [3.63, 3.8) is 0 Å². The highest BCUT2D eigenvalue weighted by Crippen LogP contribution is 2.27. The van der Waals surface area contributed by atoms with Crippen molar-refractivity contribution in [1.29, 1.82) is 0 Å². The predicted molar refractivity (Wildman–Crippen MR) is 41.9 cm³/mol. The van der Waals surface area contributed by atoms with Gasteiger partial charge < -0.3 is 10.6 Å². The molecule has 0 aromatic heterocycles. The van der Waals surface area contributed by atoms with Crippen LogP contribution in [0, 0.1) is 0 Å². The van der Waals surface area contributed by atoms with Gasteiger partial charge in [-0.15, -0.1) is 0 Å². The van der Waals surface area contributed by atoms with E-state index in [1.165, 1.54) is 25.7 Å². The number of nitrogens with zero attached hydrogens (tertiary/aromatic N) is 1. The summed E-state index contributed by atoms with van der Waals surface area (Å²) in [5, 5.41) is 0. The van der Waals surface area contributed by atoms with Gasteiger partial charge in [-0.1, -0.05) is 12.8 Å². The highest BCUT2D eigenvalue weighted by atomic mass is 16.2. The maximum atomic E-state index is 11.1. The largest absolute Gasteiger partial charge is 0.336 e. The summed E-state index contributed by atoms with van der Waals surface area (Å²) in [6.07, 6.45) is 4.95. The van der Waals surface area contributed by atoms with Crippen LogP contribution in [0.25, 0.3) is 0 Å². The Morgan fingerprint density at radius 3 is 2.45 bits per heavy atom. The van der Waals surface area contributed by atoms with Gasteiger partial charge in [0, 0.05) is 12.6 Å². The summed E-state index contributed by atoms with van der Waals surface area (Å²) in [7, 11) is 0. The molecular weight excluding hydrogens is 140 g/mol. The number of hydrogen-bond donors (Lipinski definition) is 1. The number of hydrogen-bond acceptors (Lipinski definition) is 2. The molecule has 3 heteroatoms. The lowest BCUT2D eigenvalue weighted by Gasteiger charge is -2.40. The molecule has 2 aliphatic rings. The van der Waals surface area contributed by atoms with E-state index in [9.17, 15) is 4.79 Å². The third kappa shape index (κ3) is 1.03. The van der Waals surface area contributed by atoms with Crippen molar-refractivity contribution in [2.24, 2.45) is 5.73 Å². The topological polar surface area (TPSA) is 46.3 Å². The number of carbonyl (C=O) groups excluding carboxylic acids is 1. The van der Waals surface area contributed by atoms with E-state index in [0.717, 1.165) is 6.54 Å². The summed E-state index contributed by atoms with van der Waals surface area (Å²) in [5.74, 6) is 0.164. The summed E-state index contributed by atoms with van der Waals surface area (Å²) in [6.45, 7) is 0.795. The van der Waals surface area contributed by atoms with Gasteiger partial charge in [0.05, 0.1) is 0 Å². The standard InChI is InChI=1S/C8H14N2O/c9-7-5-10(8(7)11)6-3-1-2-4-6/h6-7H,1-5,9H2. The molecule has 2 N–H and O–H groups in total. The molecule has 3 nitrogen and oxygen atoms in total. The average Bonchev–Trinajstić information content (AvgIpc) is 2.51. The molecule has 1 saturated heterocycles. The lowest BCUT2D eigenvalue weighted by molar-refractivity contribution is -0.145. The van der Waals surface area contributed by atoms with E-state index >= 15 is 0 Å². The van der Waals surface area contributed by atoms with Gasteiger partial charge in [-0.25, -0.2) is 0 Å². The molecule has 11 heavy (non-hydrogen) atoms. The van der Waals surface area contributed by atoms with Crippen LogP contribution in [0.15, 0.2) is 0 Å². The maximum absolute atomic E-state index is 11.1. The van der Waals surface area contributed by atoms with Crippen LogP contribution in [0.3, 0.4) is 0 Å². The summed E-state index contributed by atoms with van der Waals surface area (Å²) < 4.78 is 0. The molecule has 2 rings (SSSR count). The number of likely N-dealkylation sites (tertiary alicyclic amines) is 1. The van der Waals surface area contributed by atoms with Gasteiger partial charge in [0.1, 0.15) is 6.04 Å². The average molecular weight is 154 g/mol. The third-order valence-corrected chi connectivity index (χ3v) is 2.76. The summed E-state index contributed by atoms with van der Waals surface area (Å²) in [6, 6.07) is 0.345. The SMILES string of the molecule is NC1CN(C2CCCC2)C1=O. The van der Waals surface area contributed by atoms with Gasteiger partial charge >= 0.3 is 0 Å². The lowest BCUT2D eigenvalue weighted by atomic mass is 10.0. The number of nitrogens with two attached hydrogens (primary N) is 1. The first-order valence-electron chi connectivity index (χ1n) is 4.35. The van der Waals surface area contributed by atoms with Gasteiger partial charge in [0.2, 0.25) is 5.91 Å². The highest BCUT2D eigenvalue weighted by molar-refractivity contribution is 5.87.